The summed E-state index contributed by atoms with van der Waals surface area (Å²) in [7, 11) is 4.19. The lowest BCUT2D eigenvalue weighted by atomic mass is 9.73. The van der Waals surface area contributed by atoms with Gasteiger partial charge in [0.05, 0.1) is 5.60 Å². The molecule has 0 aromatic carbocycles. The Morgan fingerprint density at radius 1 is 1.00 bits per heavy atom. The molecule has 4 unspecified atom stereocenters. The van der Waals surface area contributed by atoms with Gasteiger partial charge in [0.25, 0.3) is 0 Å². The minimum absolute atomic E-state index is 0.000856. The molecule has 0 radical (unpaired) electrons. The molecule has 0 aliphatic carbocycles. The average Bonchev–Trinajstić information content (AvgIpc) is 2.08. The summed E-state index contributed by atoms with van der Waals surface area (Å²) < 4.78 is 6.16. The van der Waals surface area contributed by atoms with Gasteiger partial charge in [-0.2, -0.15) is 0 Å². The summed E-state index contributed by atoms with van der Waals surface area (Å²) in [4.78, 5) is 2.19. The zero-order valence-electron chi connectivity index (χ0n) is 10.7. The maximum absolute atomic E-state index is 6.16. The Balaban J connectivity index is 2.85. The van der Waals surface area contributed by atoms with Crippen LogP contribution in [0.5, 0.6) is 0 Å². The standard InChI is InChI=1S/C12H25NO/c1-8-9(2)11(13(6)7)14-12(4,5)10(8)3/h8-11H,1-7H3. The second-order valence-electron chi connectivity index (χ2n) is 5.58. The highest BCUT2D eigenvalue weighted by Gasteiger charge is 2.44. The first kappa shape index (κ1) is 12.0. The molecule has 14 heavy (non-hydrogen) atoms. The van der Waals surface area contributed by atoms with Crippen LogP contribution in [0.15, 0.2) is 0 Å². The zero-order valence-corrected chi connectivity index (χ0v) is 10.7. The molecule has 0 bridgehead atoms. The van der Waals surface area contributed by atoms with E-state index >= 15 is 0 Å². The molecular weight excluding hydrogens is 174 g/mol. The normalized spacial score (nSPS) is 42.9. The Bertz CT molecular complexity index is 198. The largest absolute Gasteiger partial charge is 0.357 e. The highest BCUT2D eigenvalue weighted by Crippen LogP contribution is 2.41. The first-order chi connectivity index (χ1) is 6.27. The smallest absolute Gasteiger partial charge is 0.113 e. The topological polar surface area (TPSA) is 12.5 Å². The van der Waals surface area contributed by atoms with Gasteiger partial charge < -0.3 is 4.74 Å². The SMILES string of the molecule is CC1C(C)C(C)C(C)(C)OC1N(C)C. The third kappa shape index (κ3) is 1.96. The molecule has 1 aliphatic heterocycles. The van der Waals surface area contributed by atoms with Crippen LogP contribution in [0, 0.1) is 17.8 Å². The van der Waals surface area contributed by atoms with E-state index in [0.717, 1.165) is 0 Å². The van der Waals surface area contributed by atoms with E-state index in [1.54, 1.807) is 0 Å². The van der Waals surface area contributed by atoms with Crippen LogP contribution in [0.1, 0.15) is 34.6 Å². The van der Waals surface area contributed by atoms with Gasteiger partial charge in [0.1, 0.15) is 6.23 Å². The fourth-order valence-corrected chi connectivity index (χ4v) is 2.45. The van der Waals surface area contributed by atoms with Crippen LogP contribution < -0.4 is 0 Å². The van der Waals surface area contributed by atoms with E-state index in [0.29, 0.717) is 17.8 Å². The quantitative estimate of drug-likeness (QED) is 0.643. The minimum atomic E-state index is 0.000856. The van der Waals surface area contributed by atoms with Crippen molar-refractivity contribution in [2.24, 2.45) is 17.8 Å². The average molecular weight is 199 g/mol. The van der Waals surface area contributed by atoms with Crippen LogP contribution in [0.2, 0.25) is 0 Å². The minimum Gasteiger partial charge on any atom is -0.357 e. The molecular formula is C12H25NO. The van der Waals surface area contributed by atoms with E-state index in [1.807, 2.05) is 0 Å². The Hall–Kier alpha value is -0.0800. The van der Waals surface area contributed by atoms with Crippen molar-refractivity contribution in [1.29, 1.82) is 0 Å². The van der Waals surface area contributed by atoms with E-state index < -0.39 is 0 Å². The van der Waals surface area contributed by atoms with Gasteiger partial charge in [-0.05, 0) is 45.7 Å². The van der Waals surface area contributed by atoms with Gasteiger partial charge in [0.2, 0.25) is 0 Å². The lowest BCUT2D eigenvalue weighted by Gasteiger charge is -2.50. The van der Waals surface area contributed by atoms with Gasteiger partial charge in [0.15, 0.2) is 0 Å². The second-order valence-corrected chi connectivity index (χ2v) is 5.58. The molecule has 0 aromatic heterocycles. The number of nitrogens with zero attached hydrogens (tertiary/aromatic N) is 1. The summed E-state index contributed by atoms with van der Waals surface area (Å²) in [5.74, 6) is 1.94. The van der Waals surface area contributed by atoms with Crippen LogP contribution in [0.25, 0.3) is 0 Å². The van der Waals surface area contributed by atoms with E-state index in [9.17, 15) is 0 Å². The van der Waals surface area contributed by atoms with Crippen LogP contribution >= 0.6 is 0 Å². The molecule has 4 atom stereocenters. The molecule has 0 spiro atoms. The molecule has 0 N–H and O–H groups in total. The third-order valence-electron chi connectivity index (χ3n) is 4.10. The Labute approximate surface area is 88.6 Å². The third-order valence-corrected chi connectivity index (χ3v) is 4.10. The Morgan fingerprint density at radius 3 is 1.93 bits per heavy atom. The molecule has 1 heterocycles. The molecule has 1 aliphatic rings. The molecule has 2 nitrogen and oxygen atoms in total. The molecule has 0 aromatic rings. The highest BCUT2D eigenvalue weighted by molar-refractivity contribution is 4.90. The summed E-state index contributed by atoms with van der Waals surface area (Å²) in [6, 6.07) is 0. The maximum atomic E-state index is 6.16. The van der Waals surface area contributed by atoms with Crippen molar-refractivity contribution in [3.63, 3.8) is 0 Å². The van der Waals surface area contributed by atoms with Crippen molar-refractivity contribution < 1.29 is 4.74 Å². The monoisotopic (exact) mass is 199 g/mol. The van der Waals surface area contributed by atoms with E-state index in [-0.39, 0.29) is 11.8 Å². The lowest BCUT2D eigenvalue weighted by Crippen LogP contribution is -2.54. The van der Waals surface area contributed by atoms with Crippen molar-refractivity contribution in [3.05, 3.63) is 0 Å². The molecule has 2 heteroatoms. The number of ether oxygens (including phenoxy) is 1. The fraction of sp³-hybridized carbons (Fsp3) is 1.00. The van der Waals surface area contributed by atoms with Crippen molar-refractivity contribution in [2.75, 3.05) is 14.1 Å². The van der Waals surface area contributed by atoms with Gasteiger partial charge >= 0.3 is 0 Å². The van der Waals surface area contributed by atoms with Crippen molar-refractivity contribution in [1.82, 2.24) is 4.90 Å². The first-order valence-electron chi connectivity index (χ1n) is 5.61. The van der Waals surface area contributed by atoms with Crippen LogP contribution in [-0.2, 0) is 4.74 Å². The van der Waals surface area contributed by atoms with Crippen LogP contribution in [0.3, 0.4) is 0 Å². The first-order valence-corrected chi connectivity index (χ1v) is 5.61. The van der Waals surface area contributed by atoms with Gasteiger partial charge in [-0.3, -0.25) is 4.90 Å². The van der Waals surface area contributed by atoms with Crippen LogP contribution in [-0.4, -0.2) is 30.8 Å². The molecule has 84 valence electrons. The van der Waals surface area contributed by atoms with Crippen LogP contribution in [0.4, 0.5) is 0 Å². The van der Waals surface area contributed by atoms with Crippen molar-refractivity contribution >= 4 is 0 Å². The van der Waals surface area contributed by atoms with Crippen molar-refractivity contribution in [2.45, 2.75) is 46.4 Å². The van der Waals surface area contributed by atoms with Gasteiger partial charge in [0, 0.05) is 0 Å². The van der Waals surface area contributed by atoms with E-state index in [1.165, 1.54) is 0 Å². The lowest BCUT2D eigenvalue weighted by molar-refractivity contribution is -0.224. The Morgan fingerprint density at radius 2 is 1.50 bits per heavy atom. The molecule has 0 amide bonds. The predicted octanol–water partition coefficient (Wildman–Crippen LogP) is 2.59. The number of hydrogen-bond donors (Lipinski definition) is 0. The van der Waals surface area contributed by atoms with E-state index in [4.69, 9.17) is 4.74 Å². The van der Waals surface area contributed by atoms with Crippen molar-refractivity contribution in [3.8, 4) is 0 Å². The van der Waals surface area contributed by atoms with E-state index in [2.05, 4.69) is 53.6 Å². The molecule has 1 saturated heterocycles. The van der Waals surface area contributed by atoms with Gasteiger partial charge in [-0.1, -0.05) is 20.8 Å². The Kier molecular flexibility index (Phi) is 3.27. The molecule has 1 fully saturated rings. The molecule has 0 saturated carbocycles. The molecule has 1 rings (SSSR count). The predicted molar refractivity (Wildman–Crippen MR) is 60.1 cm³/mol. The number of hydrogen-bond acceptors (Lipinski definition) is 2. The second kappa shape index (κ2) is 3.82. The summed E-state index contributed by atoms with van der Waals surface area (Å²) in [6.07, 6.45) is 0.260. The zero-order chi connectivity index (χ0) is 11.1. The summed E-state index contributed by atoms with van der Waals surface area (Å²) in [6.45, 7) is 11.3. The summed E-state index contributed by atoms with van der Waals surface area (Å²) in [5, 5.41) is 0. The van der Waals surface area contributed by atoms with Gasteiger partial charge in [-0.25, -0.2) is 0 Å². The maximum Gasteiger partial charge on any atom is 0.113 e. The summed E-state index contributed by atoms with van der Waals surface area (Å²) in [5.41, 5.74) is 0.000856. The summed E-state index contributed by atoms with van der Waals surface area (Å²) >= 11 is 0. The fourth-order valence-electron chi connectivity index (χ4n) is 2.45. The van der Waals surface area contributed by atoms with Gasteiger partial charge in [-0.15, -0.1) is 0 Å². The number of rotatable bonds is 1. The highest BCUT2D eigenvalue weighted by atomic mass is 16.5.